The predicted molar refractivity (Wildman–Crippen MR) is 84.3 cm³/mol. The van der Waals surface area contributed by atoms with Crippen molar-refractivity contribution < 1.29 is 4.39 Å². The van der Waals surface area contributed by atoms with Crippen LogP contribution in [0.3, 0.4) is 0 Å². The lowest BCUT2D eigenvalue weighted by molar-refractivity contribution is 0.612. The Labute approximate surface area is 129 Å². The zero-order chi connectivity index (χ0) is 14.7. The quantitative estimate of drug-likeness (QED) is 0.614. The van der Waals surface area contributed by atoms with Crippen LogP contribution in [0.1, 0.15) is 41.5 Å². The topological polar surface area (TPSA) is 0 Å². The molecule has 0 aromatic heterocycles. The summed E-state index contributed by atoms with van der Waals surface area (Å²) < 4.78 is 14.0. The van der Waals surface area contributed by atoms with Crippen LogP contribution in [0.25, 0.3) is 0 Å². The number of halogens is 3. The van der Waals surface area contributed by atoms with Crippen LogP contribution in [-0.4, -0.2) is 0 Å². The fourth-order valence-corrected chi connectivity index (χ4v) is 3.08. The van der Waals surface area contributed by atoms with Gasteiger partial charge in [-0.2, -0.15) is 0 Å². The molecule has 0 aliphatic heterocycles. The highest BCUT2D eigenvalue weighted by Crippen LogP contribution is 2.37. The van der Waals surface area contributed by atoms with E-state index < -0.39 is 5.38 Å². The van der Waals surface area contributed by atoms with Gasteiger partial charge < -0.3 is 0 Å². The van der Waals surface area contributed by atoms with Gasteiger partial charge in [0.15, 0.2) is 0 Å². The summed E-state index contributed by atoms with van der Waals surface area (Å²) in [6.45, 7) is 4.15. The highest BCUT2D eigenvalue weighted by atomic mass is 35.5. The Morgan fingerprint density at radius 2 is 1.85 bits per heavy atom. The number of hydrogen-bond acceptors (Lipinski definition) is 0. The second kappa shape index (κ2) is 6.60. The van der Waals surface area contributed by atoms with E-state index in [0.29, 0.717) is 10.6 Å². The summed E-state index contributed by atoms with van der Waals surface area (Å²) >= 11 is 12.6. The number of alkyl halides is 1. The molecule has 1 atom stereocenters. The number of aryl methyl sites for hydroxylation is 2. The first-order valence-electron chi connectivity index (χ1n) is 6.78. The second-order valence-corrected chi connectivity index (χ2v) is 5.58. The lowest BCUT2D eigenvalue weighted by Gasteiger charge is -2.17. The minimum absolute atomic E-state index is 0.360. The normalized spacial score (nSPS) is 12.4. The summed E-state index contributed by atoms with van der Waals surface area (Å²) in [7, 11) is 0. The van der Waals surface area contributed by atoms with Crippen molar-refractivity contribution in [1.29, 1.82) is 0 Å². The van der Waals surface area contributed by atoms with Crippen LogP contribution in [0.2, 0.25) is 5.02 Å². The second-order valence-electron chi connectivity index (χ2n) is 4.74. The first-order chi connectivity index (χ1) is 9.58. The maximum Gasteiger partial charge on any atom is 0.129 e. The van der Waals surface area contributed by atoms with Gasteiger partial charge in [0, 0.05) is 10.6 Å². The molecule has 0 saturated carbocycles. The standard InChI is InChI=1S/C17H17Cl2F/c1-3-11-8-9-12(4-2)13(10-11)17(19)16-14(18)6-5-7-15(16)20/h5-10,17H,3-4H2,1-2H3. The highest BCUT2D eigenvalue weighted by Gasteiger charge is 2.21. The van der Waals surface area contributed by atoms with Gasteiger partial charge in [0.1, 0.15) is 5.82 Å². The van der Waals surface area contributed by atoms with Crippen LogP contribution in [0.5, 0.6) is 0 Å². The Kier molecular flexibility index (Phi) is 5.06. The van der Waals surface area contributed by atoms with E-state index in [9.17, 15) is 4.39 Å². The lowest BCUT2D eigenvalue weighted by Crippen LogP contribution is -2.03. The van der Waals surface area contributed by atoms with E-state index in [1.54, 1.807) is 12.1 Å². The Morgan fingerprint density at radius 3 is 2.45 bits per heavy atom. The van der Waals surface area contributed by atoms with E-state index in [1.807, 2.05) is 0 Å². The van der Waals surface area contributed by atoms with E-state index >= 15 is 0 Å². The smallest absolute Gasteiger partial charge is 0.129 e. The molecule has 0 spiro atoms. The molecule has 0 nitrogen and oxygen atoms in total. The van der Waals surface area contributed by atoms with Crippen molar-refractivity contribution >= 4 is 23.2 Å². The zero-order valence-electron chi connectivity index (χ0n) is 11.6. The average molecular weight is 311 g/mol. The van der Waals surface area contributed by atoms with Crippen molar-refractivity contribution in [2.75, 3.05) is 0 Å². The summed E-state index contributed by atoms with van der Waals surface area (Å²) in [5.41, 5.74) is 3.62. The van der Waals surface area contributed by atoms with E-state index in [2.05, 4.69) is 32.0 Å². The molecule has 0 N–H and O–H groups in total. The molecule has 1 unspecified atom stereocenters. The molecule has 0 heterocycles. The largest absolute Gasteiger partial charge is 0.207 e. The van der Waals surface area contributed by atoms with Crippen molar-refractivity contribution in [3.8, 4) is 0 Å². The fourth-order valence-electron chi connectivity index (χ4n) is 2.33. The number of rotatable bonds is 4. The molecule has 0 fully saturated rings. The first-order valence-corrected chi connectivity index (χ1v) is 7.59. The van der Waals surface area contributed by atoms with Gasteiger partial charge in [0.25, 0.3) is 0 Å². The van der Waals surface area contributed by atoms with Crippen LogP contribution in [-0.2, 0) is 12.8 Å². The molecule has 0 aliphatic rings. The summed E-state index contributed by atoms with van der Waals surface area (Å²) in [5, 5.41) is -0.195. The highest BCUT2D eigenvalue weighted by molar-refractivity contribution is 6.33. The molecule has 106 valence electrons. The molecule has 0 bridgehead atoms. The third-order valence-electron chi connectivity index (χ3n) is 3.53. The third kappa shape index (κ3) is 2.99. The minimum atomic E-state index is -0.565. The van der Waals surface area contributed by atoms with Gasteiger partial charge in [0.05, 0.1) is 5.38 Å². The summed E-state index contributed by atoms with van der Waals surface area (Å²) in [6, 6.07) is 10.9. The van der Waals surface area contributed by atoms with E-state index in [-0.39, 0.29) is 5.82 Å². The molecule has 0 radical (unpaired) electrons. The Balaban J connectivity index is 2.55. The average Bonchev–Trinajstić information content (AvgIpc) is 2.46. The predicted octanol–water partition coefficient (Wildman–Crippen LogP) is 5.93. The van der Waals surface area contributed by atoms with E-state index in [1.165, 1.54) is 11.6 Å². The summed E-state index contributed by atoms with van der Waals surface area (Å²) in [5.74, 6) is -0.360. The van der Waals surface area contributed by atoms with Gasteiger partial charge in [-0.05, 0) is 41.7 Å². The molecule has 2 aromatic rings. The molecule has 2 rings (SSSR count). The van der Waals surface area contributed by atoms with Crippen LogP contribution in [0, 0.1) is 5.82 Å². The van der Waals surface area contributed by atoms with Gasteiger partial charge in [-0.1, -0.05) is 49.7 Å². The zero-order valence-corrected chi connectivity index (χ0v) is 13.1. The first kappa shape index (κ1) is 15.3. The van der Waals surface area contributed by atoms with Gasteiger partial charge in [0.2, 0.25) is 0 Å². The van der Waals surface area contributed by atoms with Crippen LogP contribution >= 0.6 is 23.2 Å². The molecule has 2 aromatic carbocycles. The molecule has 0 aliphatic carbocycles. The molecular formula is C17H17Cl2F. The monoisotopic (exact) mass is 310 g/mol. The van der Waals surface area contributed by atoms with Crippen molar-refractivity contribution in [3.05, 3.63) is 69.5 Å². The van der Waals surface area contributed by atoms with Gasteiger partial charge in [-0.25, -0.2) is 4.39 Å². The Bertz CT molecular complexity index is 588. The Morgan fingerprint density at radius 1 is 1.10 bits per heavy atom. The Hall–Kier alpha value is -1.05. The van der Waals surface area contributed by atoms with E-state index in [0.717, 1.165) is 24.0 Å². The minimum Gasteiger partial charge on any atom is -0.207 e. The lowest BCUT2D eigenvalue weighted by atomic mass is 9.94. The summed E-state index contributed by atoms with van der Waals surface area (Å²) in [6.07, 6.45) is 1.78. The van der Waals surface area contributed by atoms with Gasteiger partial charge in [-0.15, -0.1) is 11.6 Å². The van der Waals surface area contributed by atoms with Gasteiger partial charge in [-0.3, -0.25) is 0 Å². The van der Waals surface area contributed by atoms with Crippen molar-refractivity contribution in [1.82, 2.24) is 0 Å². The molecular weight excluding hydrogens is 294 g/mol. The van der Waals surface area contributed by atoms with Crippen molar-refractivity contribution in [2.24, 2.45) is 0 Å². The van der Waals surface area contributed by atoms with Crippen LogP contribution in [0.4, 0.5) is 4.39 Å². The number of hydrogen-bond donors (Lipinski definition) is 0. The maximum absolute atomic E-state index is 14.0. The molecule has 0 saturated heterocycles. The summed E-state index contributed by atoms with van der Waals surface area (Å²) in [4.78, 5) is 0. The third-order valence-corrected chi connectivity index (χ3v) is 4.31. The number of benzene rings is 2. The van der Waals surface area contributed by atoms with Crippen molar-refractivity contribution in [2.45, 2.75) is 32.1 Å². The van der Waals surface area contributed by atoms with Crippen LogP contribution < -0.4 is 0 Å². The van der Waals surface area contributed by atoms with Crippen molar-refractivity contribution in [3.63, 3.8) is 0 Å². The van der Waals surface area contributed by atoms with E-state index in [4.69, 9.17) is 23.2 Å². The fraction of sp³-hybridized carbons (Fsp3) is 0.294. The SMILES string of the molecule is CCc1ccc(CC)c(C(Cl)c2c(F)cccc2Cl)c1. The van der Waals surface area contributed by atoms with Gasteiger partial charge >= 0.3 is 0 Å². The molecule has 20 heavy (non-hydrogen) atoms. The van der Waals surface area contributed by atoms with Crippen LogP contribution in [0.15, 0.2) is 36.4 Å². The molecule has 0 amide bonds. The molecule has 3 heteroatoms. The maximum atomic E-state index is 14.0.